The number of rotatable bonds is 5. The number of thiophene rings is 1. The van der Waals surface area contributed by atoms with Crippen molar-refractivity contribution >= 4 is 33.1 Å². The maximum Gasteiger partial charge on any atom is 0.261 e. The van der Waals surface area contributed by atoms with Gasteiger partial charge in [0, 0.05) is 53.8 Å². The molecule has 5 aromatic heterocycles. The van der Waals surface area contributed by atoms with E-state index in [1.54, 1.807) is 34.8 Å². The number of alkyl halides is 2. The summed E-state index contributed by atoms with van der Waals surface area (Å²) in [4.78, 5) is 14.3. The minimum absolute atomic E-state index is 0.0931. The van der Waals surface area contributed by atoms with E-state index in [4.69, 9.17) is 0 Å². The van der Waals surface area contributed by atoms with Gasteiger partial charge in [0.15, 0.2) is 0 Å². The number of nitrogens with zero attached hydrogens (tertiary/aromatic N) is 4. The highest BCUT2D eigenvalue weighted by molar-refractivity contribution is 7.08. The van der Waals surface area contributed by atoms with Gasteiger partial charge in [0.1, 0.15) is 5.69 Å². The summed E-state index contributed by atoms with van der Waals surface area (Å²) in [6.07, 6.45) is 5.17. The van der Waals surface area contributed by atoms with Gasteiger partial charge in [0.05, 0.1) is 29.6 Å². The Balaban J connectivity index is 1.24. The number of halogens is 2. The van der Waals surface area contributed by atoms with E-state index in [1.165, 1.54) is 11.1 Å². The minimum Gasteiger partial charge on any atom is -0.353 e. The van der Waals surface area contributed by atoms with Crippen LogP contribution in [-0.4, -0.2) is 49.1 Å². The third-order valence-electron chi connectivity index (χ3n) is 6.94. The monoisotopic (exact) mass is 512 g/mol. The fourth-order valence-electron chi connectivity index (χ4n) is 5.15. The Morgan fingerprint density at radius 3 is 2.78 bits per heavy atom. The van der Waals surface area contributed by atoms with Crippen molar-refractivity contribution in [1.29, 1.82) is 0 Å². The Morgan fingerprint density at radius 1 is 1.00 bits per heavy atom. The average Bonchev–Trinajstić information content (AvgIpc) is 3.69. The van der Waals surface area contributed by atoms with Gasteiger partial charge < -0.3 is 4.98 Å². The van der Waals surface area contributed by atoms with Crippen LogP contribution in [0.5, 0.6) is 0 Å². The van der Waals surface area contributed by atoms with Crippen LogP contribution >= 0.6 is 11.3 Å². The van der Waals surface area contributed by atoms with E-state index < -0.39 is 5.92 Å². The van der Waals surface area contributed by atoms with Gasteiger partial charge in [-0.05, 0) is 57.8 Å². The number of H-pyrrole nitrogens is 2. The van der Waals surface area contributed by atoms with Gasteiger partial charge in [0.25, 0.3) is 5.92 Å². The summed E-state index contributed by atoms with van der Waals surface area (Å²) in [5.74, 6) is -2.61. The van der Waals surface area contributed by atoms with Crippen LogP contribution in [0.2, 0.25) is 0 Å². The van der Waals surface area contributed by atoms with E-state index in [-0.39, 0.29) is 13.0 Å². The molecule has 0 amide bonds. The fraction of sp³-hybridized carbons (Fsp3) is 0.179. The molecule has 0 unspecified atom stereocenters. The molecule has 0 saturated carbocycles. The lowest BCUT2D eigenvalue weighted by molar-refractivity contribution is 0.0115. The predicted octanol–water partition coefficient (Wildman–Crippen LogP) is 6.74. The van der Waals surface area contributed by atoms with Gasteiger partial charge >= 0.3 is 0 Å². The van der Waals surface area contributed by atoms with Crippen molar-refractivity contribution in [3.63, 3.8) is 0 Å². The average molecular weight is 513 g/mol. The van der Waals surface area contributed by atoms with Gasteiger partial charge in [-0.1, -0.05) is 12.1 Å². The molecule has 6 aromatic rings. The van der Waals surface area contributed by atoms with Crippen LogP contribution in [0.4, 0.5) is 8.78 Å². The Kier molecular flexibility index (Phi) is 5.16. The molecule has 0 spiro atoms. The molecule has 7 rings (SSSR count). The standard InChI is InChI=1S/C28H22F2N6S/c29-28(30)5-6-36(16-28)14-17-8-19(12-31-11-17)24-10-22-26(13-32-24)34-35-27(22)25-9-21-20(18-4-7-37-15-18)2-1-3-23(21)33-25/h1-4,7-13,15,33H,5-6,14,16H2,(H,34,35). The van der Waals surface area contributed by atoms with Gasteiger partial charge in [-0.3, -0.25) is 20.0 Å². The van der Waals surface area contributed by atoms with Crippen LogP contribution in [-0.2, 0) is 6.54 Å². The first-order valence-corrected chi connectivity index (χ1v) is 13.0. The number of aromatic amines is 2. The number of likely N-dealkylation sites (tertiary alicyclic amines) is 1. The molecule has 1 fully saturated rings. The van der Waals surface area contributed by atoms with Crippen LogP contribution in [0.1, 0.15) is 12.0 Å². The van der Waals surface area contributed by atoms with E-state index in [0.717, 1.165) is 50.0 Å². The van der Waals surface area contributed by atoms with Crippen LogP contribution in [0, 0.1) is 0 Å². The molecular weight excluding hydrogens is 490 g/mol. The molecule has 0 radical (unpaired) electrons. The van der Waals surface area contributed by atoms with Gasteiger partial charge in [-0.15, -0.1) is 0 Å². The summed E-state index contributed by atoms with van der Waals surface area (Å²) < 4.78 is 27.2. The quantitative estimate of drug-likeness (QED) is 0.268. The number of benzene rings is 1. The van der Waals surface area contributed by atoms with Crippen molar-refractivity contribution in [1.82, 2.24) is 30.0 Å². The molecule has 6 heterocycles. The number of nitrogens with one attached hydrogen (secondary N) is 2. The molecule has 6 nitrogen and oxygen atoms in total. The van der Waals surface area contributed by atoms with Crippen molar-refractivity contribution < 1.29 is 8.78 Å². The van der Waals surface area contributed by atoms with Crippen LogP contribution in [0.25, 0.3) is 55.6 Å². The Morgan fingerprint density at radius 2 is 1.95 bits per heavy atom. The third kappa shape index (κ3) is 4.10. The number of hydrogen-bond acceptors (Lipinski definition) is 5. The van der Waals surface area contributed by atoms with E-state index in [9.17, 15) is 8.78 Å². The summed E-state index contributed by atoms with van der Waals surface area (Å²) in [6.45, 7) is 0.619. The molecule has 2 N–H and O–H groups in total. The Hall–Kier alpha value is -3.95. The van der Waals surface area contributed by atoms with Crippen molar-refractivity contribution in [2.75, 3.05) is 13.1 Å². The second-order valence-corrected chi connectivity index (χ2v) is 10.3. The largest absolute Gasteiger partial charge is 0.353 e. The number of hydrogen-bond donors (Lipinski definition) is 2. The summed E-state index contributed by atoms with van der Waals surface area (Å²) in [5, 5.41) is 14.0. The van der Waals surface area contributed by atoms with E-state index >= 15 is 0 Å². The van der Waals surface area contributed by atoms with Gasteiger partial charge in [0.2, 0.25) is 0 Å². The molecular formula is C28H22F2N6S. The highest BCUT2D eigenvalue weighted by atomic mass is 32.1. The lowest BCUT2D eigenvalue weighted by atomic mass is 10.0. The number of fused-ring (bicyclic) bond motifs is 2. The SMILES string of the molecule is FC1(F)CCN(Cc2cncc(-c3cc4c(-c5cc6c(-c7ccsc7)cccc6[nH]5)n[nH]c4cn3)c2)C1. The highest BCUT2D eigenvalue weighted by Crippen LogP contribution is 2.35. The topological polar surface area (TPSA) is 73.5 Å². The molecule has 0 aliphatic carbocycles. The molecule has 184 valence electrons. The smallest absolute Gasteiger partial charge is 0.261 e. The maximum absolute atomic E-state index is 13.6. The summed E-state index contributed by atoms with van der Waals surface area (Å²) in [5.41, 5.74) is 8.48. The van der Waals surface area contributed by atoms with E-state index in [2.05, 4.69) is 66.2 Å². The van der Waals surface area contributed by atoms with Crippen LogP contribution in [0.15, 0.2) is 71.8 Å². The van der Waals surface area contributed by atoms with E-state index in [0.29, 0.717) is 13.1 Å². The first-order valence-electron chi connectivity index (χ1n) is 12.1. The van der Waals surface area contributed by atoms with Gasteiger partial charge in [-0.25, -0.2) is 8.78 Å². The Bertz CT molecular complexity index is 1740. The number of pyridine rings is 2. The molecule has 1 aliphatic rings. The second kappa shape index (κ2) is 8.57. The molecule has 1 aliphatic heterocycles. The zero-order chi connectivity index (χ0) is 25.0. The minimum atomic E-state index is -2.61. The van der Waals surface area contributed by atoms with Gasteiger partial charge in [-0.2, -0.15) is 16.4 Å². The molecule has 37 heavy (non-hydrogen) atoms. The first kappa shape index (κ1) is 22.3. The molecule has 0 bridgehead atoms. The summed E-state index contributed by atoms with van der Waals surface area (Å²) in [6, 6.07) is 14.5. The molecule has 1 aromatic carbocycles. The van der Waals surface area contributed by atoms with Crippen molar-refractivity contribution in [2.45, 2.75) is 18.9 Å². The number of aromatic nitrogens is 5. The van der Waals surface area contributed by atoms with Crippen molar-refractivity contribution in [3.05, 3.63) is 77.4 Å². The molecule has 1 saturated heterocycles. The second-order valence-electron chi connectivity index (χ2n) is 9.55. The molecule has 9 heteroatoms. The van der Waals surface area contributed by atoms with Crippen molar-refractivity contribution in [3.8, 4) is 33.8 Å². The lowest BCUT2D eigenvalue weighted by Gasteiger charge is -2.15. The first-order chi connectivity index (χ1) is 18.0. The third-order valence-corrected chi connectivity index (χ3v) is 7.63. The van der Waals surface area contributed by atoms with Crippen molar-refractivity contribution in [2.24, 2.45) is 0 Å². The zero-order valence-corrected chi connectivity index (χ0v) is 20.5. The zero-order valence-electron chi connectivity index (χ0n) is 19.7. The maximum atomic E-state index is 13.6. The van der Waals surface area contributed by atoms with Crippen LogP contribution in [0.3, 0.4) is 0 Å². The molecule has 0 atom stereocenters. The fourth-order valence-corrected chi connectivity index (χ4v) is 5.80. The summed E-state index contributed by atoms with van der Waals surface area (Å²) in [7, 11) is 0. The highest BCUT2D eigenvalue weighted by Gasteiger charge is 2.37. The normalized spacial score (nSPS) is 15.7. The van der Waals surface area contributed by atoms with Crippen LogP contribution < -0.4 is 0 Å². The predicted molar refractivity (Wildman–Crippen MR) is 143 cm³/mol. The Labute approximate surface area is 215 Å². The lowest BCUT2D eigenvalue weighted by Crippen LogP contribution is -2.24. The summed E-state index contributed by atoms with van der Waals surface area (Å²) >= 11 is 1.68. The van der Waals surface area contributed by atoms with E-state index in [1.807, 2.05) is 12.1 Å².